The number of carbonyl (C=O) groups is 3. The Morgan fingerprint density at radius 1 is 1.05 bits per heavy atom. The summed E-state index contributed by atoms with van der Waals surface area (Å²) in [5.74, 6) is -0.313. The molecule has 3 rings (SSSR count). The molecule has 224 valence electrons. The first-order valence-electron chi connectivity index (χ1n) is 14.8. The molecule has 4 N–H and O–H groups in total. The van der Waals surface area contributed by atoms with E-state index in [1.807, 2.05) is 38.1 Å². The van der Waals surface area contributed by atoms with E-state index in [0.717, 1.165) is 36.8 Å². The van der Waals surface area contributed by atoms with Crippen LogP contribution in [0, 0.1) is 11.8 Å². The van der Waals surface area contributed by atoms with Gasteiger partial charge >= 0.3 is 6.09 Å². The smallest absolute Gasteiger partial charge is 0.411 e. The molecule has 2 aliphatic rings. The quantitative estimate of drug-likeness (QED) is 0.346. The van der Waals surface area contributed by atoms with Gasteiger partial charge in [-0.15, -0.1) is 0 Å². The predicted molar refractivity (Wildman–Crippen MR) is 153 cm³/mol. The molecule has 0 unspecified atom stereocenters. The summed E-state index contributed by atoms with van der Waals surface area (Å²) in [6, 6.07) is 6.23. The highest BCUT2D eigenvalue weighted by Crippen LogP contribution is 2.29. The van der Waals surface area contributed by atoms with E-state index >= 15 is 0 Å². The van der Waals surface area contributed by atoms with E-state index in [1.165, 1.54) is 11.3 Å². The fourth-order valence-corrected chi connectivity index (χ4v) is 5.77. The topological polar surface area (TPSA) is 128 Å². The van der Waals surface area contributed by atoms with Crippen LogP contribution in [0.4, 0.5) is 4.79 Å². The number of hydrogen-bond donors (Lipinski definition) is 4. The molecule has 0 radical (unpaired) electrons. The van der Waals surface area contributed by atoms with Gasteiger partial charge in [-0.3, -0.25) is 14.5 Å². The molecule has 3 amide bonds. The molecule has 0 aromatic heterocycles. The highest BCUT2D eigenvalue weighted by Gasteiger charge is 2.37. The molecule has 4 atom stereocenters. The molecule has 1 aliphatic heterocycles. The van der Waals surface area contributed by atoms with Gasteiger partial charge in [0.05, 0.1) is 25.2 Å². The number of carbonyl (C=O) groups excluding carboxylic acids is 3. The van der Waals surface area contributed by atoms with Gasteiger partial charge in [-0.05, 0) is 56.6 Å². The maximum absolute atomic E-state index is 13.3. The zero-order chi connectivity index (χ0) is 29.4. The van der Waals surface area contributed by atoms with Crippen molar-refractivity contribution in [3.63, 3.8) is 0 Å². The molecule has 1 aromatic carbocycles. The minimum atomic E-state index is -1.10. The Labute approximate surface area is 239 Å². The van der Waals surface area contributed by atoms with Crippen LogP contribution in [0.2, 0.25) is 0 Å². The first-order chi connectivity index (χ1) is 18.8. The SMILES string of the molecule is CC(C)C[C@H](O)[C@H](O)[C@H](CC1CCCCC1)NC(=O)CNC(=O)[C@@H]1Cc2ccccc2CN1C(=O)OC(C)(C)C. The molecule has 1 aliphatic carbocycles. The molecule has 9 nitrogen and oxygen atoms in total. The fourth-order valence-electron chi connectivity index (χ4n) is 5.77. The third-order valence-corrected chi connectivity index (χ3v) is 7.78. The van der Waals surface area contributed by atoms with Crippen LogP contribution in [0.3, 0.4) is 0 Å². The summed E-state index contributed by atoms with van der Waals surface area (Å²) in [7, 11) is 0. The molecule has 1 fully saturated rings. The number of nitrogens with one attached hydrogen (secondary N) is 2. The van der Waals surface area contributed by atoms with Crippen LogP contribution in [0.1, 0.15) is 90.7 Å². The van der Waals surface area contributed by atoms with Crippen LogP contribution in [0.25, 0.3) is 0 Å². The lowest BCUT2D eigenvalue weighted by atomic mass is 9.82. The van der Waals surface area contributed by atoms with E-state index < -0.39 is 47.8 Å². The van der Waals surface area contributed by atoms with Gasteiger partial charge in [-0.25, -0.2) is 4.79 Å². The minimum Gasteiger partial charge on any atom is -0.444 e. The van der Waals surface area contributed by atoms with Crippen molar-refractivity contribution in [1.82, 2.24) is 15.5 Å². The second-order valence-corrected chi connectivity index (χ2v) is 12.9. The van der Waals surface area contributed by atoms with Crippen molar-refractivity contribution in [1.29, 1.82) is 0 Å². The summed E-state index contributed by atoms with van der Waals surface area (Å²) in [5.41, 5.74) is 1.21. The summed E-state index contributed by atoms with van der Waals surface area (Å²) < 4.78 is 5.58. The standard InChI is InChI=1S/C31H49N3O6/c1-20(2)15-26(35)28(37)24(16-21-11-7-6-8-12-21)33-27(36)18-32-29(38)25-17-22-13-9-10-14-23(22)19-34(25)30(39)40-31(3,4)5/h9-10,13-14,20-21,24-26,28,35,37H,6-8,11-12,15-19H2,1-5H3,(H,32,38)(H,33,36)/t24-,25-,26-,28+/m0/s1. The van der Waals surface area contributed by atoms with Crippen molar-refractivity contribution in [3.8, 4) is 0 Å². The molecule has 0 bridgehead atoms. The minimum absolute atomic E-state index is 0.198. The van der Waals surface area contributed by atoms with Crippen LogP contribution < -0.4 is 10.6 Å². The van der Waals surface area contributed by atoms with Gasteiger partial charge in [0.15, 0.2) is 0 Å². The lowest BCUT2D eigenvalue weighted by molar-refractivity contribution is -0.130. The molecule has 9 heteroatoms. The monoisotopic (exact) mass is 559 g/mol. The van der Waals surface area contributed by atoms with Crippen molar-refractivity contribution >= 4 is 17.9 Å². The Morgan fingerprint density at radius 2 is 1.70 bits per heavy atom. The van der Waals surface area contributed by atoms with E-state index in [9.17, 15) is 24.6 Å². The maximum Gasteiger partial charge on any atom is 0.411 e. The zero-order valence-corrected chi connectivity index (χ0v) is 24.8. The van der Waals surface area contributed by atoms with E-state index in [1.54, 1.807) is 20.8 Å². The number of amides is 3. The van der Waals surface area contributed by atoms with Gasteiger partial charge in [-0.1, -0.05) is 70.2 Å². The number of hydrogen-bond acceptors (Lipinski definition) is 6. The third-order valence-electron chi connectivity index (χ3n) is 7.78. The van der Waals surface area contributed by atoms with Gasteiger partial charge in [-0.2, -0.15) is 0 Å². The van der Waals surface area contributed by atoms with E-state index in [2.05, 4.69) is 10.6 Å². The maximum atomic E-state index is 13.3. The van der Waals surface area contributed by atoms with Gasteiger partial charge in [0.2, 0.25) is 11.8 Å². The first kappa shape index (κ1) is 31.9. The summed E-state index contributed by atoms with van der Waals surface area (Å²) in [6.07, 6.45) is 4.24. The normalized spacial score (nSPS) is 20.3. The van der Waals surface area contributed by atoms with E-state index in [0.29, 0.717) is 25.2 Å². The van der Waals surface area contributed by atoms with Crippen molar-refractivity contribution in [2.45, 2.75) is 122 Å². The molecule has 0 spiro atoms. The number of aliphatic hydroxyl groups is 2. The van der Waals surface area contributed by atoms with Crippen molar-refractivity contribution < 1.29 is 29.3 Å². The number of nitrogens with zero attached hydrogens (tertiary/aromatic N) is 1. The lowest BCUT2D eigenvalue weighted by Crippen LogP contribution is -2.56. The Bertz CT molecular complexity index is 1000. The van der Waals surface area contributed by atoms with Crippen molar-refractivity contribution in [2.75, 3.05) is 6.54 Å². The van der Waals surface area contributed by atoms with Gasteiger partial charge in [0, 0.05) is 6.42 Å². The molecule has 1 aromatic rings. The van der Waals surface area contributed by atoms with Crippen LogP contribution in [-0.2, 0) is 27.3 Å². The average Bonchev–Trinajstić information content (AvgIpc) is 2.89. The number of benzene rings is 1. The number of ether oxygens (including phenoxy) is 1. The van der Waals surface area contributed by atoms with Crippen LogP contribution in [0.5, 0.6) is 0 Å². The number of fused-ring (bicyclic) bond motifs is 1. The summed E-state index contributed by atoms with van der Waals surface area (Å²) >= 11 is 0. The van der Waals surface area contributed by atoms with E-state index in [4.69, 9.17) is 4.74 Å². The number of aliphatic hydroxyl groups excluding tert-OH is 2. The fraction of sp³-hybridized carbons (Fsp3) is 0.710. The predicted octanol–water partition coefficient (Wildman–Crippen LogP) is 3.69. The lowest BCUT2D eigenvalue weighted by Gasteiger charge is -2.37. The zero-order valence-electron chi connectivity index (χ0n) is 24.8. The molecular formula is C31H49N3O6. The summed E-state index contributed by atoms with van der Waals surface area (Å²) in [6.45, 7) is 9.22. The molecule has 0 saturated heterocycles. The Balaban J connectivity index is 1.66. The van der Waals surface area contributed by atoms with Crippen LogP contribution in [-0.4, -0.2) is 69.5 Å². The van der Waals surface area contributed by atoms with Gasteiger partial charge < -0.3 is 25.6 Å². The summed E-state index contributed by atoms with van der Waals surface area (Å²) in [5, 5.41) is 27.2. The Kier molecular flexibility index (Phi) is 11.4. The number of rotatable bonds is 10. The van der Waals surface area contributed by atoms with E-state index in [-0.39, 0.29) is 19.0 Å². The summed E-state index contributed by atoms with van der Waals surface area (Å²) in [4.78, 5) is 40.8. The Hall–Kier alpha value is -2.65. The van der Waals surface area contributed by atoms with Crippen LogP contribution in [0.15, 0.2) is 24.3 Å². The largest absolute Gasteiger partial charge is 0.444 e. The van der Waals surface area contributed by atoms with Gasteiger partial charge in [0.25, 0.3) is 0 Å². The molecule has 40 heavy (non-hydrogen) atoms. The second kappa shape index (κ2) is 14.3. The van der Waals surface area contributed by atoms with Gasteiger partial charge in [0.1, 0.15) is 17.7 Å². The second-order valence-electron chi connectivity index (χ2n) is 12.9. The van der Waals surface area contributed by atoms with Crippen molar-refractivity contribution in [3.05, 3.63) is 35.4 Å². The highest BCUT2D eigenvalue weighted by atomic mass is 16.6. The van der Waals surface area contributed by atoms with Crippen molar-refractivity contribution in [2.24, 2.45) is 11.8 Å². The molecule has 1 heterocycles. The molecular weight excluding hydrogens is 510 g/mol. The highest BCUT2D eigenvalue weighted by molar-refractivity contribution is 5.90. The third kappa shape index (κ3) is 9.47. The average molecular weight is 560 g/mol. The Morgan fingerprint density at radius 3 is 2.33 bits per heavy atom. The van der Waals surface area contributed by atoms with Crippen LogP contribution >= 0.6 is 0 Å². The molecule has 1 saturated carbocycles. The first-order valence-corrected chi connectivity index (χ1v) is 14.8.